The topological polar surface area (TPSA) is 80.2 Å². The van der Waals surface area contributed by atoms with Crippen LogP contribution in [0.4, 0.5) is 11.4 Å². The van der Waals surface area contributed by atoms with E-state index >= 15 is 0 Å². The van der Waals surface area contributed by atoms with Crippen molar-refractivity contribution in [1.82, 2.24) is 4.90 Å². The standard InChI is InChI=1S/C33H35N3O4S/c1-3-24-12-10-11-17-27(24)35-33-36(26-15-8-5-9-16-26)32(38)30(41-33)21-23-18-19-28(29(20-23)39-2)40-22-31(37)34-25-13-6-4-7-14-25/h4,6-7,10-14,17-21,26H,3,5,8-9,15-16,22H2,1-2H3,(H,34,37)/b30-21+,35-33?. The summed E-state index contributed by atoms with van der Waals surface area (Å²) in [6.07, 6.45) is 8.20. The van der Waals surface area contributed by atoms with E-state index < -0.39 is 0 Å². The first-order valence-electron chi connectivity index (χ1n) is 14.1. The molecule has 1 saturated heterocycles. The van der Waals surface area contributed by atoms with Crippen molar-refractivity contribution in [3.63, 3.8) is 0 Å². The fourth-order valence-electron chi connectivity index (χ4n) is 5.15. The largest absolute Gasteiger partial charge is 0.493 e. The zero-order chi connectivity index (χ0) is 28.6. The van der Waals surface area contributed by atoms with E-state index in [2.05, 4.69) is 18.3 Å². The zero-order valence-corrected chi connectivity index (χ0v) is 24.3. The van der Waals surface area contributed by atoms with Crippen molar-refractivity contribution in [2.75, 3.05) is 19.0 Å². The van der Waals surface area contributed by atoms with Crippen LogP contribution in [0.1, 0.15) is 50.2 Å². The van der Waals surface area contributed by atoms with Gasteiger partial charge in [0.1, 0.15) is 0 Å². The molecule has 5 rings (SSSR count). The molecule has 1 aliphatic heterocycles. The van der Waals surface area contributed by atoms with Crippen molar-refractivity contribution in [2.24, 2.45) is 4.99 Å². The number of nitrogens with zero attached hydrogens (tertiary/aromatic N) is 2. The van der Waals surface area contributed by atoms with E-state index in [4.69, 9.17) is 14.5 Å². The molecule has 2 aliphatic rings. The van der Waals surface area contributed by atoms with Gasteiger partial charge in [-0.2, -0.15) is 0 Å². The van der Waals surface area contributed by atoms with Gasteiger partial charge in [-0.1, -0.05) is 68.7 Å². The number of benzene rings is 3. The molecule has 2 fully saturated rings. The van der Waals surface area contributed by atoms with E-state index in [1.165, 1.54) is 18.2 Å². The number of ether oxygens (including phenoxy) is 2. The van der Waals surface area contributed by atoms with Gasteiger partial charge >= 0.3 is 0 Å². The second-order valence-electron chi connectivity index (χ2n) is 10.1. The van der Waals surface area contributed by atoms with E-state index in [9.17, 15) is 9.59 Å². The number of amides is 2. The fourth-order valence-corrected chi connectivity index (χ4v) is 6.21. The first-order chi connectivity index (χ1) is 20.1. The minimum absolute atomic E-state index is 0.00786. The number of hydrogen-bond donors (Lipinski definition) is 1. The van der Waals surface area contributed by atoms with Gasteiger partial charge < -0.3 is 14.8 Å². The summed E-state index contributed by atoms with van der Waals surface area (Å²) in [5.41, 5.74) is 3.58. The van der Waals surface area contributed by atoms with Crippen LogP contribution >= 0.6 is 11.8 Å². The highest BCUT2D eigenvalue weighted by Gasteiger charge is 2.38. The Morgan fingerprint density at radius 1 is 1.02 bits per heavy atom. The maximum Gasteiger partial charge on any atom is 0.267 e. The number of methoxy groups -OCH3 is 1. The summed E-state index contributed by atoms with van der Waals surface area (Å²) in [7, 11) is 1.55. The van der Waals surface area contributed by atoms with Crippen molar-refractivity contribution in [3.05, 3.63) is 88.8 Å². The van der Waals surface area contributed by atoms with Crippen LogP contribution < -0.4 is 14.8 Å². The highest BCUT2D eigenvalue weighted by molar-refractivity contribution is 8.18. The van der Waals surface area contributed by atoms with E-state index in [1.54, 1.807) is 13.2 Å². The molecule has 1 heterocycles. The molecule has 0 atom stereocenters. The summed E-state index contributed by atoms with van der Waals surface area (Å²) in [5.74, 6) is 0.658. The van der Waals surface area contributed by atoms with Crippen LogP contribution in [0.15, 0.2) is 82.7 Å². The van der Waals surface area contributed by atoms with E-state index in [0.29, 0.717) is 22.1 Å². The van der Waals surface area contributed by atoms with Crippen molar-refractivity contribution in [2.45, 2.75) is 51.5 Å². The number of rotatable bonds is 9. The molecule has 1 aliphatic carbocycles. The molecule has 0 aromatic heterocycles. The van der Waals surface area contributed by atoms with Gasteiger partial charge in [-0.05, 0) is 78.6 Å². The smallest absolute Gasteiger partial charge is 0.267 e. The zero-order valence-electron chi connectivity index (χ0n) is 23.5. The molecule has 0 radical (unpaired) electrons. The maximum atomic E-state index is 13.8. The molecular weight excluding hydrogens is 534 g/mol. The number of aliphatic imine (C=N–C) groups is 1. The Balaban J connectivity index is 1.36. The first-order valence-corrected chi connectivity index (χ1v) is 14.9. The number of carbonyl (C=O) groups is 2. The third-order valence-electron chi connectivity index (χ3n) is 7.27. The van der Waals surface area contributed by atoms with E-state index in [-0.39, 0.29) is 24.5 Å². The SMILES string of the molecule is CCc1ccccc1N=C1S/C(=C/c2ccc(OCC(=O)Nc3ccccc3)c(OC)c2)C(=O)N1C1CCCCC1. The van der Waals surface area contributed by atoms with Gasteiger partial charge in [-0.15, -0.1) is 0 Å². The lowest BCUT2D eigenvalue weighted by Crippen LogP contribution is -2.40. The van der Waals surface area contributed by atoms with Crippen LogP contribution in [0.2, 0.25) is 0 Å². The second kappa shape index (κ2) is 13.5. The minimum atomic E-state index is -0.267. The van der Waals surface area contributed by atoms with Gasteiger partial charge in [0.25, 0.3) is 11.8 Å². The van der Waals surface area contributed by atoms with Gasteiger partial charge in [0.15, 0.2) is 23.3 Å². The lowest BCUT2D eigenvalue weighted by molar-refractivity contribution is -0.124. The molecule has 0 spiro atoms. The second-order valence-corrected chi connectivity index (χ2v) is 11.1. The Morgan fingerprint density at radius 3 is 2.54 bits per heavy atom. The number of thioether (sulfide) groups is 1. The average Bonchev–Trinajstić information content (AvgIpc) is 3.31. The quantitative estimate of drug-likeness (QED) is 0.276. The third kappa shape index (κ3) is 7.00. The Labute approximate surface area is 245 Å². The normalized spacial score (nSPS) is 17.7. The molecular formula is C33H35N3O4S. The highest BCUT2D eigenvalue weighted by atomic mass is 32.2. The molecule has 0 bridgehead atoms. The number of amidine groups is 1. The van der Waals surface area contributed by atoms with Crippen LogP contribution in [-0.4, -0.2) is 41.6 Å². The van der Waals surface area contributed by atoms with Gasteiger partial charge in [0, 0.05) is 11.7 Å². The van der Waals surface area contributed by atoms with Crippen LogP contribution in [0, 0.1) is 0 Å². The van der Waals surface area contributed by atoms with Crippen molar-refractivity contribution in [3.8, 4) is 11.5 Å². The summed E-state index contributed by atoms with van der Waals surface area (Å²) < 4.78 is 11.3. The number of aryl methyl sites for hydroxylation is 1. The molecule has 3 aromatic carbocycles. The summed E-state index contributed by atoms with van der Waals surface area (Å²) in [6.45, 7) is 1.96. The van der Waals surface area contributed by atoms with Crippen LogP contribution in [0.5, 0.6) is 11.5 Å². The Hall–Kier alpha value is -4.04. The van der Waals surface area contributed by atoms with Gasteiger partial charge in [-0.25, -0.2) is 4.99 Å². The minimum Gasteiger partial charge on any atom is -0.493 e. The summed E-state index contributed by atoms with van der Waals surface area (Å²) in [4.78, 5) is 33.7. The van der Waals surface area contributed by atoms with E-state index in [1.807, 2.05) is 71.6 Å². The number of carbonyl (C=O) groups excluding carboxylic acids is 2. The van der Waals surface area contributed by atoms with Crippen LogP contribution in [0.3, 0.4) is 0 Å². The lowest BCUT2D eigenvalue weighted by atomic mass is 9.94. The Morgan fingerprint density at radius 2 is 1.78 bits per heavy atom. The van der Waals surface area contributed by atoms with Gasteiger partial charge in [-0.3, -0.25) is 14.5 Å². The van der Waals surface area contributed by atoms with Crippen LogP contribution in [0.25, 0.3) is 6.08 Å². The summed E-state index contributed by atoms with van der Waals surface area (Å²) >= 11 is 1.42. The molecule has 3 aromatic rings. The molecule has 41 heavy (non-hydrogen) atoms. The lowest BCUT2D eigenvalue weighted by Gasteiger charge is -2.30. The Bertz CT molecular complexity index is 1450. The fraction of sp³-hybridized carbons (Fsp3) is 0.303. The van der Waals surface area contributed by atoms with E-state index in [0.717, 1.165) is 54.1 Å². The molecule has 0 unspecified atom stereocenters. The number of para-hydroxylation sites is 2. The molecule has 8 heteroatoms. The first kappa shape index (κ1) is 28.5. The molecule has 1 saturated carbocycles. The van der Waals surface area contributed by atoms with Crippen molar-refractivity contribution >= 4 is 46.2 Å². The molecule has 7 nitrogen and oxygen atoms in total. The number of anilines is 1. The van der Waals surface area contributed by atoms with Crippen molar-refractivity contribution in [1.29, 1.82) is 0 Å². The molecule has 212 valence electrons. The van der Waals surface area contributed by atoms with Gasteiger partial charge in [0.05, 0.1) is 17.7 Å². The predicted molar refractivity (Wildman–Crippen MR) is 166 cm³/mol. The maximum absolute atomic E-state index is 13.8. The number of hydrogen-bond acceptors (Lipinski definition) is 6. The third-order valence-corrected chi connectivity index (χ3v) is 8.25. The predicted octanol–water partition coefficient (Wildman–Crippen LogP) is 7.21. The molecule has 1 N–H and O–H groups in total. The van der Waals surface area contributed by atoms with Crippen LogP contribution in [-0.2, 0) is 16.0 Å². The highest BCUT2D eigenvalue weighted by Crippen LogP contribution is 2.39. The Kier molecular flexibility index (Phi) is 9.41. The monoisotopic (exact) mass is 569 g/mol. The van der Waals surface area contributed by atoms with Crippen molar-refractivity contribution < 1.29 is 19.1 Å². The van der Waals surface area contributed by atoms with Gasteiger partial charge in [0.2, 0.25) is 0 Å². The number of nitrogens with one attached hydrogen (secondary N) is 1. The average molecular weight is 570 g/mol. The summed E-state index contributed by atoms with van der Waals surface area (Å²) in [6, 6.07) is 22.9. The summed E-state index contributed by atoms with van der Waals surface area (Å²) in [5, 5.41) is 3.54. The molecule has 2 amide bonds.